The molecule has 75 heavy (non-hydrogen) atoms. The molecule has 6 amide bonds. The summed E-state index contributed by atoms with van der Waals surface area (Å²) in [5, 5.41) is 17.9. The molecule has 0 saturated carbocycles. The zero-order chi connectivity index (χ0) is 50.1. The molecule has 9 N–H and O–H groups in total. The molecule has 18 rings (SSSR count). The molecule has 0 aliphatic carbocycles. The maximum atomic E-state index is 12.6. The number of aromatic amines is 6. The van der Waals surface area contributed by atoms with Crippen molar-refractivity contribution in [1.82, 2.24) is 45.9 Å². The molecule has 3 aliphatic heterocycles. The first-order chi connectivity index (χ1) is 36.7. The fourth-order valence-electron chi connectivity index (χ4n) is 12.3. The van der Waals surface area contributed by atoms with E-state index in [1.165, 1.54) is 0 Å². The fourth-order valence-corrected chi connectivity index (χ4v) is 12.3. The number of fused-ring (bicyclic) bond motifs is 30. The summed E-state index contributed by atoms with van der Waals surface area (Å²) in [5.41, 5.74) is 13.6. The number of hydrogen-bond donors (Lipinski definition) is 9. The minimum absolute atomic E-state index is 0.332. The Kier molecular flexibility index (Phi) is 7.86. The largest absolute Gasteiger partial charge is 0.353 e. The molecular weight excluding hydrogens is 943 g/mol. The molecule has 15 heteroatoms. The van der Waals surface area contributed by atoms with Crippen molar-refractivity contribution in [2.75, 3.05) is 0 Å². The van der Waals surface area contributed by atoms with E-state index >= 15 is 0 Å². The van der Waals surface area contributed by atoms with Crippen LogP contribution in [0.4, 0.5) is 0 Å². The smallest absolute Gasteiger partial charge is 0.259 e. The van der Waals surface area contributed by atoms with E-state index in [0.717, 1.165) is 131 Å². The predicted molar refractivity (Wildman–Crippen MR) is 291 cm³/mol. The Morgan fingerprint density at radius 1 is 0.200 bits per heavy atom. The second-order valence-corrected chi connectivity index (χ2v) is 19.1. The van der Waals surface area contributed by atoms with Crippen LogP contribution in [-0.2, 0) is 0 Å². The predicted octanol–water partition coefficient (Wildman–Crippen LogP) is 11.5. The summed E-state index contributed by atoms with van der Waals surface area (Å²) in [6.07, 6.45) is 0. The van der Waals surface area contributed by atoms with E-state index < -0.39 is 0 Å². The van der Waals surface area contributed by atoms with E-state index in [-0.39, 0.29) is 35.4 Å². The number of carbonyl (C=O) groups excluding carboxylic acids is 6. The number of para-hydroxylation sites is 6. The second-order valence-electron chi connectivity index (χ2n) is 19.1. The number of benzene rings is 9. The van der Waals surface area contributed by atoms with E-state index in [1.54, 1.807) is 0 Å². The van der Waals surface area contributed by atoms with Crippen LogP contribution in [0.25, 0.3) is 131 Å². The standard InChI is InChI=1S/3C20H11N3O2/c3*24-19-15-13-9-5-1-3-7-11(9)21-17(13)18-14(16(15)20(25)23-19)10-6-2-4-8-12(10)22-18/h3*1-8,21-22H,(H,23,24,25). The summed E-state index contributed by atoms with van der Waals surface area (Å²) in [6.45, 7) is 0. The minimum atomic E-state index is -0.332. The number of imide groups is 3. The normalized spacial score (nSPS) is 14.1. The maximum Gasteiger partial charge on any atom is 0.259 e. The molecule has 354 valence electrons. The number of aromatic nitrogens is 6. The minimum Gasteiger partial charge on any atom is -0.353 e. The third-order valence-corrected chi connectivity index (χ3v) is 15.3. The van der Waals surface area contributed by atoms with Gasteiger partial charge < -0.3 is 29.9 Å². The number of hydrogen-bond acceptors (Lipinski definition) is 6. The molecule has 9 aromatic carbocycles. The third kappa shape index (κ3) is 5.31. The van der Waals surface area contributed by atoms with Crippen LogP contribution in [0.2, 0.25) is 0 Å². The molecule has 15 aromatic rings. The summed E-state index contributed by atoms with van der Waals surface area (Å²) in [6, 6.07) is 47.0. The van der Waals surface area contributed by atoms with Crippen molar-refractivity contribution in [3.63, 3.8) is 0 Å². The van der Waals surface area contributed by atoms with E-state index in [4.69, 9.17) is 0 Å². The highest BCUT2D eigenvalue weighted by atomic mass is 16.2. The number of amides is 6. The van der Waals surface area contributed by atoms with Gasteiger partial charge >= 0.3 is 0 Å². The quantitative estimate of drug-likeness (QED) is 0.0670. The molecule has 15 nitrogen and oxygen atoms in total. The van der Waals surface area contributed by atoms with Gasteiger partial charge in [-0.3, -0.25) is 44.7 Å². The summed E-state index contributed by atoms with van der Waals surface area (Å²) in [4.78, 5) is 96.0. The highest BCUT2D eigenvalue weighted by Gasteiger charge is 2.37. The average Bonchev–Trinajstić information content (AvgIpc) is 4.41. The lowest BCUT2D eigenvalue weighted by atomic mass is 9.97. The van der Waals surface area contributed by atoms with Crippen molar-refractivity contribution in [2.24, 2.45) is 0 Å². The Bertz CT molecular complexity index is 4410. The van der Waals surface area contributed by atoms with Gasteiger partial charge in [-0.25, -0.2) is 0 Å². The molecule has 9 heterocycles. The highest BCUT2D eigenvalue weighted by Crippen LogP contribution is 2.45. The average molecular weight is 976 g/mol. The Hall–Kier alpha value is -10.8. The van der Waals surface area contributed by atoms with Gasteiger partial charge in [0.15, 0.2) is 0 Å². The summed E-state index contributed by atoms with van der Waals surface area (Å²) >= 11 is 0. The molecule has 0 saturated heterocycles. The molecule has 0 bridgehead atoms. The van der Waals surface area contributed by atoms with Gasteiger partial charge in [0.1, 0.15) is 0 Å². The summed E-state index contributed by atoms with van der Waals surface area (Å²) in [5.74, 6) is -1.99. The van der Waals surface area contributed by atoms with Crippen LogP contribution < -0.4 is 16.0 Å². The number of H-pyrrole nitrogens is 6. The Morgan fingerprint density at radius 2 is 0.347 bits per heavy atom. The van der Waals surface area contributed by atoms with Crippen molar-refractivity contribution in [1.29, 1.82) is 0 Å². The van der Waals surface area contributed by atoms with E-state index in [0.29, 0.717) is 33.4 Å². The van der Waals surface area contributed by atoms with Gasteiger partial charge in [-0.15, -0.1) is 0 Å². The lowest BCUT2D eigenvalue weighted by molar-refractivity contribution is 0.0864. The van der Waals surface area contributed by atoms with Gasteiger partial charge in [0.05, 0.1) is 66.5 Å². The lowest BCUT2D eigenvalue weighted by Gasteiger charge is -2.02. The molecule has 6 aromatic heterocycles. The van der Waals surface area contributed by atoms with Crippen LogP contribution in [0.1, 0.15) is 62.1 Å². The monoisotopic (exact) mass is 975 g/mol. The van der Waals surface area contributed by atoms with Crippen LogP contribution in [0.3, 0.4) is 0 Å². The van der Waals surface area contributed by atoms with Crippen LogP contribution in [0, 0.1) is 0 Å². The van der Waals surface area contributed by atoms with Crippen LogP contribution in [0.15, 0.2) is 146 Å². The van der Waals surface area contributed by atoms with Crippen LogP contribution in [-0.4, -0.2) is 65.3 Å². The van der Waals surface area contributed by atoms with Gasteiger partial charge in [0.2, 0.25) is 0 Å². The van der Waals surface area contributed by atoms with E-state index in [2.05, 4.69) is 45.9 Å². The van der Waals surface area contributed by atoms with Gasteiger partial charge in [0.25, 0.3) is 35.4 Å². The highest BCUT2D eigenvalue weighted by molar-refractivity contribution is 6.42. The van der Waals surface area contributed by atoms with Crippen molar-refractivity contribution >= 4 is 166 Å². The van der Waals surface area contributed by atoms with Gasteiger partial charge in [-0.2, -0.15) is 0 Å². The van der Waals surface area contributed by atoms with Gasteiger partial charge in [-0.1, -0.05) is 109 Å². The Balaban J connectivity index is 0.0000000953. The summed E-state index contributed by atoms with van der Waals surface area (Å²) < 4.78 is 0. The zero-order valence-electron chi connectivity index (χ0n) is 38.8. The van der Waals surface area contributed by atoms with Gasteiger partial charge in [0, 0.05) is 97.7 Å². The molecule has 3 aliphatic rings. The van der Waals surface area contributed by atoms with Crippen molar-refractivity contribution in [2.45, 2.75) is 0 Å². The van der Waals surface area contributed by atoms with E-state index in [1.807, 2.05) is 146 Å². The lowest BCUT2D eigenvalue weighted by Crippen LogP contribution is -2.20. The van der Waals surface area contributed by atoms with Crippen molar-refractivity contribution < 1.29 is 28.8 Å². The molecule has 0 atom stereocenters. The fraction of sp³-hybridized carbons (Fsp3) is 0. The Morgan fingerprint density at radius 3 is 0.507 bits per heavy atom. The van der Waals surface area contributed by atoms with Crippen molar-refractivity contribution in [3.05, 3.63) is 179 Å². The van der Waals surface area contributed by atoms with Crippen LogP contribution >= 0.6 is 0 Å². The second kappa shape index (κ2) is 14.4. The molecule has 0 fully saturated rings. The number of carbonyl (C=O) groups is 6. The Labute approximate surface area is 418 Å². The third-order valence-electron chi connectivity index (χ3n) is 15.3. The first kappa shape index (κ1) is 40.9. The topological polar surface area (TPSA) is 233 Å². The zero-order valence-corrected chi connectivity index (χ0v) is 38.8. The molecular formula is C60H33N9O6. The van der Waals surface area contributed by atoms with Crippen molar-refractivity contribution in [3.8, 4) is 0 Å². The molecule has 0 radical (unpaired) electrons. The molecule has 0 spiro atoms. The first-order valence-corrected chi connectivity index (χ1v) is 24.2. The van der Waals surface area contributed by atoms with E-state index in [9.17, 15) is 28.8 Å². The molecule has 0 unspecified atom stereocenters. The number of nitrogens with one attached hydrogen (secondary N) is 9. The first-order valence-electron chi connectivity index (χ1n) is 24.2. The van der Waals surface area contributed by atoms with Gasteiger partial charge in [-0.05, 0) is 36.4 Å². The summed E-state index contributed by atoms with van der Waals surface area (Å²) in [7, 11) is 0. The maximum absolute atomic E-state index is 12.6. The SMILES string of the molecule is O=C1NC(=O)c2c1c1c3ccccc3[nH]c1c1[nH]c3ccccc3c21.O=C1NC(=O)c2c1c1c3ccccc3[nH]c1c1[nH]c3ccccc3c21.O=C1NC(=O)c2c1c1c3ccccc3[nH]c1c1[nH]c3ccccc3c21. The number of rotatable bonds is 0. The van der Waals surface area contributed by atoms with Crippen LogP contribution in [0.5, 0.6) is 0 Å².